The molecule has 7 nitrogen and oxygen atoms in total. The van der Waals surface area contributed by atoms with Crippen LogP contribution >= 0.6 is 0 Å². The highest BCUT2D eigenvalue weighted by atomic mass is 16.6. The molecule has 3 aromatic carbocycles. The van der Waals surface area contributed by atoms with E-state index in [1.54, 1.807) is 93.9 Å². The normalized spacial score (nSPS) is 10.9. The molecule has 172 valence electrons. The van der Waals surface area contributed by atoms with Crippen molar-refractivity contribution in [2.24, 2.45) is 0 Å². The quantitative estimate of drug-likeness (QED) is 0.301. The van der Waals surface area contributed by atoms with Gasteiger partial charge in [-0.25, -0.2) is 4.79 Å². The Morgan fingerprint density at radius 3 is 1.79 bits per heavy atom. The summed E-state index contributed by atoms with van der Waals surface area (Å²) in [7, 11) is 3.15. The second kappa shape index (κ2) is 10.7. The Morgan fingerprint density at radius 1 is 0.758 bits per heavy atom. The second-order valence-electron chi connectivity index (χ2n) is 7.18. The van der Waals surface area contributed by atoms with Crippen LogP contribution in [0.2, 0.25) is 0 Å². The highest BCUT2D eigenvalue weighted by Gasteiger charge is 2.34. The van der Waals surface area contributed by atoms with Crippen molar-refractivity contribution in [2.45, 2.75) is 18.9 Å². The molecule has 0 aliphatic carbocycles. The van der Waals surface area contributed by atoms with Crippen molar-refractivity contribution in [1.29, 1.82) is 0 Å². The Labute approximate surface area is 192 Å². The summed E-state index contributed by atoms with van der Waals surface area (Å²) in [6, 6.07) is 21.0. The average Bonchev–Trinajstić information content (AvgIpc) is 2.87. The summed E-state index contributed by atoms with van der Waals surface area (Å²) in [6.07, 6.45) is 0.0952. The predicted octanol–water partition coefficient (Wildman–Crippen LogP) is 3.85. The van der Waals surface area contributed by atoms with Gasteiger partial charge in [0.1, 0.15) is 22.8 Å². The molecule has 3 aromatic rings. The van der Waals surface area contributed by atoms with E-state index in [1.165, 1.54) is 0 Å². The van der Waals surface area contributed by atoms with E-state index >= 15 is 0 Å². The first-order valence-corrected chi connectivity index (χ1v) is 10.4. The van der Waals surface area contributed by atoms with Gasteiger partial charge < -0.3 is 24.1 Å². The van der Waals surface area contributed by atoms with E-state index in [4.69, 9.17) is 14.2 Å². The van der Waals surface area contributed by atoms with Gasteiger partial charge >= 0.3 is 11.9 Å². The third-order valence-corrected chi connectivity index (χ3v) is 5.14. The molecular formula is C26H26O7. The predicted molar refractivity (Wildman–Crippen MR) is 121 cm³/mol. The fourth-order valence-corrected chi connectivity index (χ4v) is 3.35. The zero-order chi connectivity index (χ0) is 23.8. The number of aliphatic hydroxyl groups is 1. The number of hydrogen-bond donors (Lipinski definition) is 1. The maximum atomic E-state index is 12.0. The number of benzene rings is 3. The van der Waals surface area contributed by atoms with E-state index in [9.17, 15) is 14.7 Å². The monoisotopic (exact) mass is 450 g/mol. The molecule has 0 aliphatic rings. The average molecular weight is 450 g/mol. The molecule has 0 fully saturated rings. The number of ether oxygens (including phenoxy) is 4. The summed E-state index contributed by atoms with van der Waals surface area (Å²) >= 11 is 0. The molecule has 0 saturated heterocycles. The number of carbonyl (C=O) groups excluding carboxylic acids is 2. The summed E-state index contributed by atoms with van der Waals surface area (Å²) in [5, 5.41) is 12.0. The molecule has 0 heterocycles. The molecule has 33 heavy (non-hydrogen) atoms. The number of hydrogen-bond acceptors (Lipinski definition) is 7. The zero-order valence-electron chi connectivity index (χ0n) is 18.7. The van der Waals surface area contributed by atoms with Crippen molar-refractivity contribution in [2.75, 3.05) is 20.8 Å². The number of rotatable bonds is 9. The van der Waals surface area contributed by atoms with Gasteiger partial charge in [0.05, 0.1) is 14.2 Å². The van der Waals surface area contributed by atoms with Crippen LogP contribution in [-0.2, 0) is 19.9 Å². The summed E-state index contributed by atoms with van der Waals surface area (Å²) < 4.78 is 20.6. The minimum atomic E-state index is -1.53. The van der Waals surface area contributed by atoms with Crippen LogP contribution < -0.4 is 14.2 Å². The van der Waals surface area contributed by atoms with Gasteiger partial charge in [-0.15, -0.1) is 0 Å². The van der Waals surface area contributed by atoms with Gasteiger partial charge in [-0.05, 0) is 53.1 Å². The molecule has 7 heteroatoms. The van der Waals surface area contributed by atoms with Crippen molar-refractivity contribution >= 4 is 11.9 Å². The number of carbonyl (C=O) groups is 2. The first-order valence-electron chi connectivity index (χ1n) is 10.4. The summed E-state index contributed by atoms with van der Waals surface area (Å²) in [4.78, 5) is 23.1. The minimum Gasteiger partial charge on any atom is -0.497 e. The molecule has 0 bridgehead atoms. The van der Waals surface area contributed by atoms with Gasteiger partial charge in [0.15, 0.2) is 6.61 Å². The first-order chi connectivity index (χ1) is 15.9. The second-order valence-corrected chi connectivity index (χ2v) is 7.18. The van der Waals surface area contributed by atoms with Crippen molar-refractivity contribution in [3.8, 4) is 17.2 Å². The zero-order valence-corrected chi connectivity index (χ0v) is 18.7. The van der Waals surface area contributed by atoms with Crippen LogP contribution in [0.15, 0.2) is 72.8 Å². The lowest BCUT2D eigenvalue weighted by Gasteiger charge is -2.30. The largest absolute Gasteiger partial charge is 0.497 e. The van der Waals surface area contributed by atoms with Gasteiger partial charge in [-0.1, -0.05) is 43.3 Å². The Kier molecular flexibility index (Phi) is 7.69. The third-order valence-electron chi connectivity index (χ3n) is 5.14. The van der Waals surface area contributed by atoms with Gasteiger partial charge in [-0.3, -0.25) is 4.79 Å². The van der Waals surface area contributed by atoms with Crippen molar-refractivity contribution in [3.05, 3.63) is 89.5 Å². The van der Waals surface area contributed by atoms with Gasteiger partial charge in [0, 0.05) is 6.42 Å². The molecule has 0 unspecified atom stereocenters. The van der Waals surface area contributed by atoms with Crippen LogP contribution in [0.5, 0.6) is 17.2 Å². The van der Waals surface area contributed by atoms with Crippen LogP contribution in [-0.4, -0.2) is 37.9 Å². The van der Waals surface area contributed by atoms with Crippen LogP contribution in [0.3, 0.4) is 0 Å². The van der Waals surface area contributed by atoms with E-state index in [2.05, 4.69) is 4.74 Å². The molecular weight excluding hydrogens is 424 g/mol. The van der Waals surface area contributed by atoms with E-state index in [-0.39, 0.29) is 6.42 Å². The lowest BCUT2D eigenvalue weighted by Crippen LogP contribution is -2.29. The van der Waals surface area contributed by atoms with E-state index < -0.39 is 24.1 Å². The van der Waals surface area contributed by atoms with E-state index in [0.29, 0.717) is 33.9 Å². The third kappa shape index (κ3) is 5.51. The van der Waals surface area contributed by atoms with Crippen molar-refractivity contribution in [3.63, 3.8) is 0 Å². The van der Waals surface area contributed by atoms with Gasteiger partial charge in [-0.2, -0.15) is 0 Å². The molecule has 1 N–H and O–H groups in total. The summed E-state index contributed by atoms with van der Waals surface area (Å²) in [6.45, 7) is 1.16. The molecule has 0 saturated carbocycles. The van der Waals surface area contributed by atoms with Crippen molar-refractivity contribution < 1.29 is 33.6 Å². The van der Waals surface area contributed by atoms with Gasteiger partial charge in [0.25, 0.3) is 0 Å². The Morgan fingerprint density at radius 2 is 1.30 bits per heavy atom. The molecule has 0 aromatic heterocycles. The Balaban J connectivity index is 1.97. The molecule has 0 amide bonds. The smallest absolute Gasteiger partial charge is 0.351 e. The standard InChI is InChI=1S/C26H26O7/c1-4-24(27)33-25(28)17-32-23-7-5-6-20(16-23)26(29,18-8-12-21(30-2)13-9-18)19-10-14-22(31-3)15-11-19/h5-16,29H,4,17H2,1-3H3. The topological polar surface area (TPSA) is 91.3 Å². The highest BCUT2D eigenvalue weighted by Crippen LogP contribution is 2.39. The van der Waals surface area contributed by atoms with Crippen LogP contribution in [0.4, 0.5) is 0 Å². The van der Waals surface area contributed by atoms with Crippen molar-refractivity contribution in [1.82, 2.24) is 0 Å². The SMILES string of the molecule is CCC(=O)OC(=O)COc1cccc(C(O)(c2ccc(OC)cc2)c2ccc(OC)cc2)c1. The maximum Gasteiger partial charge on any atom is 0.351 e. The van der Waals surface area contributed by atoms with E-state index in [0.717, 1.165) is 0 Å². The fourth-order valence-electron chi connectivity index (χ4n) is 3.35. The number of esters is 2. The molecule has 0 aliphatic heterocycles. The van der Waals surface area contributed by atoms with Crippen LogP contribution in [0.25, 0.3) is 0 Å². The Hall–Kier alpha value is -3.84. The summed E-state index contributed by atoms with van der Waals surface area (Å²) in [5.74, 6) is 0.258. The highest BCUT2D eigenvalue weighted by molar-refractivity contribution is 5.86. The number of methoxy groups -OCH3 is 2. The minimum absolute atomic E-state index is 0.0952. The summed E-state index contributed by atoms with van der Waals surface area (Å²) in [5.41, 5.74) is 0.210. The molecule has 0 radical (unpaired) electrons. The lowest BCUT2D eigenvalue weighted by atomic mass is 9.80. The van der Waals surface area contributed by atoms with Gasteiger partial charge in [0.2, 0.25) is 0 Å². The molecule has 0 atom stereocenters. The lowest BCUT2D eigenvalue weighted by molar-refractivity contribution is -0.160. The van der Waals surface area contributed by atoms with Crippen LogP contribution in [0, 0.1) is 0 Å². The maximum absolute atomic E-state index is 12.0. The Bertz CT molecular complexity index is 1040. The first kappa shape index (κ1) is 23.8. The van der Waals surface area contributed by atoms with E-state index in [1.807, 2.05) is 0 Å². The van der Waals surface area contributed by atoms with Crippen LogP contribution in [0.1, 0.15) is 30.0 Å². The fraction of sp³-hybridized carbons (Fsp3) is 0.231. The molecule has 3 rings (SSSR count). The molecule has 0 spiro atoms.